The Bertz CT molecular complexity index is 796. The molecule has 0 saturated heterocycles. The predicted octanol–water partition coefficient (Wildman–Crippen LogP) is 5.72. The highest BCUT2D eigenvalue weighted by atomic mass is 16.5. The first-order valence-electron chi connectivity index (χ1n) is 9.93. The van der Waals surface area contributed by atoms with Gasteiger partial charge in [0.1, 0.15) is 11.5 Å². The summed E-state index contributed by atoms with van der Waals surface area (Å²) in [5.74, 6) is 1.63. The molecule has 2 unspecified atom stereocenters. The fourth-order valence-corrected chi connectivity index (χ4v) is 4.03. The summed E-state index contributed by atoms with van der Waals surface area (Å²) in [6.45, 7) is 6.53. The van der Waals surface area contributed by atoms with Gasteiger partial charge in [-0.05, 0) is 36.5 Å². The first-order chi connectivity index (χ1) is 12.9. The molecule has 3 nitrogen and oxygen atoms in total. The number of rotatable bonds is 5. The van der Waals surface area contributed by atoms with E-state index in [0.29, 0.717) is 12.0 Å². The van der Waals surface area contributed by atoms with E-state index in [-0.39, 0.29) is 11.2 Å². The van der Waals surface area contributed by atoms with Gasteiger partial charge < -0.3 is 9.84 Å². The maximum atomic E-state index is 11.1. The highest BCUT2D eigenvalue weighted by Gasteiger charge is 2.28. The van der Waals surface area contributed by atoms with Crippen LogP contribution >= 0.6 is 0 Å². The fourth-order valence-electron chi connectivity index (χ4n) is 4.03. The van der Waals surface area contributed by atoms with Crippen molar-refractivity contribution >= 4 is 6.21 Å². The van der Waals surface area contributed by atoms with E-state index in [1.807, 2.05) is 36.5 Å². The smallest absolute Gasteiger partial charge is 0.128 e. The highest BCUT2D eigenvalue weighted by molar-refractivity contribution is 5.85. The van der Waals surface area contributed by atoms with Crippen LogP contribution in [0.1, 0.15) is 63.1 Å². The Morgan fingerprint density at radius 2 is 1.81 bits per heavy atom. The van der Waals surface area contributed by atoms with Crippen molar-refractivity contribution in [3.8, 4) is 11.5 Å². The number of hydrogen-bond acceptors (Lipinski definition) is 3. The van der Waals surface area contributed by atoms with E-state index < -0.39 is 0 Å². The summed E-state index contributed by atoms with van der Waals surface area (Å²) < 4.78 is 5.52. The maximum Gasteiger partial charge on any atom is 0.128 e. The van der Waals surface area contributed by atoms with Gasteiger partial charge in [0.15, 0.2) is 0 Å². The third kappa shape index (κ3) is 4.18. The van der Waals surface area contributed by atoms with Gasteiger partial charge in [0.25, 0.3) is 0 Å². The third-order valence-electron chi connectivity index (χ3n) is 5.99. The van der Waals surface area contributed by atoms with Gasteiger partial charge in [-0.25, -0.2) is 0 Å². The molecule has 0 aromatic heterocycles. The summed E-state index contributed by atoms with van der Waals surface area (Å²) in [6, 6.07) is 14.4. The average Bonchev–Trinajstić information content (AvgIpc) is 2.69. The minimum Gasteiger partial charge on any atom is -0.507 e. The number of benzene rings is 2. The van der Waals surface area contributed by atoms with Gasteiger partial charge >= 0.3 is 0 Å². The number of aliphatic imine (C=N–C) groups is 1. The number of methoxy groups -OCH3 is 1. The second-order valence-electron chi connectivity index (χ2n) is 8.21. The van der Waals surface area contributed by atoms with E-state index >= 15 is 0 Å². The van der Waals surface area contributed by atoms with Crippen molar-refractivity contribution in [1.82, 2.24) is 0 Å². The lowest BCUT2D eigenvalue weighted by atomic mass is 9.77. The highest BCUT2D eigenvalue weighted by Crippen LogP contribution is 2.40. The SMILES string of the molecule is COc1cc(C=NC2CCCCC2C)c(O)c(C(C)(C)c2ccccc2)c1. The molecule has 0 spiro atoms. The zero-order valence-electron chi connectivity index (χ0n) is 16.9. The molecule has 3 rings (SSSR count). The second kappa shape index (κ2) is 8.16. The first kappa shape index (κ1) is 19.5. The van der Waals surface area contributed by atoms with E-state index in [1.165, 1.54) is 19.3 Å². The Morgan fingerprint density at radius 3 is 2.48 bits per heavy atom. The van der Waals surface area contributed by atoms with E-state index in [1.54, 1.807) is 7.11 Å². The summed E-state index contributed by atoms with van der Waals surface area (Å²) in [5, 5.41) is 11.1. The van der Waals surface area contributed by atoms with Crippen LogP contribution in [0.15, 0.2) is 47.5 Å². The molecule has 2 atom stereocenters. The van der Waals surface area contributed by atoms with Gasteiger partial charge in [-0.1, -0.05) is 63.9 Å². The average molecular weight is 366 g/mol. The van der Waals surface area contributed by atoms with Crippen molar-refractivity contribution in [1.29, 1.82) is 0 Å². The maximum absolute atomic E-state index is 11.1. The van der Waals surface area contributed by atoms with Gasteiger partial charge in [-0.15, -0.1) is 0 Å². The third-order valence-corrected chi connectivity index (χ3v) is 5.99. The molecule has 27 heavy (non-hydrogen) atoms. The molecule has 0 heterocycles. The van der Waals surface area contributed by atoms with Crippen molar-refractivity contribution in [2.75, 3.05) is 7.11 Å². The standard InChI is InChI=1S/C24H31NO2/c1-17-10-8-9-13-22(17)25-16-18-14-20(27-4)15-21(23(18)26)24(2,3)19-11-6-5-7-12-19/h5-7,11-12,14-17,22,26H,8-10,13H2,1-4H3. The molecule has 1 N–H and O–H groups in total. The molecule has 1 aliphatic rings. The van der Waals surface area contributed by atoms with Gasteiger partial charge in [0.2, 0.25) is 0 Å². The Kier molecular flexibility index (Phi) is 5.88. The zero-order chi connectivity index (χ0) is 19.4. The number of aromatic hydroxyl groups is 1. The summed E-state index contributed by atoms with van der Waals surface area (Å²) in [4.78, 5) is 4.83. The molecule has 0 radical (unpaired) electrons. The molecule has 1 fully saturated rings. The van der Waals surface area contributed by atoms with Crippen LogP contribution in [-0.2, 0) is 5.41 Å². The zero-order valence-corrected chi connectivity index (χ0v) is 16.9. The number of ether oxygens (including phenoxy) is 1. The van der Waals surface area contributed by atoms with E-state index in [9.17, 15) is 5.11 Å². The van der Waals surface area contributed by atoms with Crippen LogP contribution in [0.25, 0.3) is 0 Å². The fraction of sp³-hybridized carbons (Fsp3) is 0.458. The Hall–Kier alpha value is -2.29. The van der Waals surface area contributed by atoms with Crippen molar-refractivity contribution < 1.29 is 9.84 Å². The number of hydrogen-bond donors (Lipinski definition) is 1. The minimum absolute atomic E-state index is 0.289. The van der Waals surface area contributed by atoms with Crippen molar-refractivity contribution in [3.05, 3.63) is 59.2 Å². The molecule has 0 amide bonds. The monoisotopic (exact) mass is 365 g/mol. The lowest BCUT2D eigenvalue weighted by molar-refractivity contribution is 0.333. The molecule has 2 aromatic carbocycles. The number of phenolic OH excluding ortho intramolecular Hbond substituents is 1. The molecule has 0 bridgehead atoms. The van der Waals surface area contributed by atoms with Crippen LogP contribution in [0.4, 0.5) is 0 Å². The summed E-state index contributed by atoms with van der Waals surface area (Å²) >= 11 is 0. The van der Waals surface area contributed by atoms with Gasteiger partial charge in [-0.2, -0.15) is 0 Å². The van der Waals surface area contributed by atoms with Gasteiger partial charge in [-0.3, -0.25) is 4.99 Å². The van der Waals surface area contributed by atoms with Crippen LogP contribution in [0, 0.1) is 5.92 Å². The molecular formula is C24H31NO2. The second-order valence-corrected chi connectivity index (χ2v) is 8.21. The van der Waals surface area contributed by atoms with E-state index in [4.69, 9.17) is 9.73 Å². The van der Waals surface area contributed by atoms with E-state index in [2.05, 4.69) is 32.9 Å². The number of nitrogens with zero attached hydrogens (tertiary/aromatic N) is 1. The molecule has 1 saturated carbocycles. The van der Waals surface area contributed by atoms with E-state index in [0.717, 1.165) is 28.9 Å². The molecule has 3 heteroatoms. The van der Waals surface area contributed by atoms with Gasteiger partial charge in [0, 0.05) is 22.8 Å². The van der Waals surface area contributed by atoms with Crippen LogP contribution in [-0.4, -0.2) is 24.5 Å². The van der Waals surface area contributed by atoms with Crippen LogP contribution in [0.3, 0.4) is 0 Å². The Morgan fingerprint density at radius 1 is 1.11 bits per heavy atom. The van der Waals surface area contributed by atoms with Crippen LogP contribution in [0.2, 0.25) is 0 Å². The van der Waals surface area contributed by atoms with Crippen molar-refractivity contribution in [2.45, 2.75) is 57.9 Å². The first-order valence-corrected chi connectivity index (χ1v) is 9.93. The Balaban J connectivity index is 2.00. The predicted molar refractivity (Wildman–Crippen MR) is 112 cm³/mol. The molecule has 0 aliphatic heterocycles. The Labute approximate surface area is 163 Å². The van der Waals surface area contributed by atoms with Crippen molar-refractivity contribution in [3.63, 3.8) is 0 Å². The lowest BCUT2D eigenvalue weighted by Gasteiger charge is -2.28. The molecule has 2 aromatic rings. The topological polar surface area (TPSA) is 41.8 Å². The number of phenols is 1. The lowest BCUT2D eigenvalue weighted by Crippen LogP contribution is -2.21. The summed E-state index contributed by atoms with van der Waals surface area (Å²) in [5.41, 5.74) is 2.38. The molecular weight excluding hydrogens is 334 g/mol. The summed E-state index contributed by atoms with van der Waals surface area (Å²) in [7, 11) is 1.66. The minimum atomic E-state index is -0.347. The quantitative estimate of drug-likeness (QED) is 0.688. The molecule has 1 aliphatic carbocycles. The van der Waals surface area contributed by atoms with Gasteiger partial charge in [0.05, 0.1) is 13.2 Å². The largest absolute Gasteiger partial charge is 0.507 e. The van der Waals surface area contributed by atoms with Crippen LogP contribution < -0.4 is 4.74 Å². The normalized spacial score (nSPS) is 20.7. The van der Waals surface area contributed by atoms with Crippen molar-refractivity contribution in [2.24, 2.45) is 10.9 Å². The summed E-state index contributed by atoms with van der Waals surface area (Å²) in [6.07, 6.45) is 6.74. The molecule has 144 valence electrons. The van der Waals surface area contributed by atoms with Crippen LogP contribution in [0.5, 0.6) is 11.5 Å².